The van der Waals surface area contributed by atoms with Crippen LogP contribution in [-0.2, 0) is 5.60 Å². The van der Waals surface area contributed by atoms with Crippen molar-refractivity contribution in [3.05, 3.63) is 83.2 Å². The van der Waals surface area contributed by atoms with E-state index in [0.29, 0.717) is 28.6 Å². The molecule has 1 saturated heterocycles. The third kappa shape index (κ3) is 4.38. The Labute approximate surface area is 212 Å². The lowest BCUT2D eigenvalue weighted by Crippen LogP contribution is -2.55. The summed E-state index contributed by atoms with van der Waals surface area (Å²) < 4.78 is 36.3. The number of hydrogen-bond donors (Lipinski definition) is 2. The maximum atomic E-state index is 13.9. The van der Waals surface area contributed by atoms with Crippen molar-refractivity contribution in [3.63, 3.8) is 0 Å². The monoisotopic (exact) mass is 495 g/mol. The molecule has 1 aliphatic heterocycles. The van der Waals surface area contributed by atoms with Crippen LogP contribution in [0.15, 0.2) is 60.7 Å². The van der Waals surface area contributed by atoms with Gasteiger partial charge in [-0.05, 0) is 54.1 Å². The van der Waals surface area contributed by atoms with Gasteiger partial charge in [0, 0.05) is 35.0 Å². The van der Waals surface area contributed by atoms with E-state index in [-0.39, 0.29) is 29.7 Å². The van der Waals surface area contributed by atoms with Crippen molar-refractivity contribution in [3.8, 4) is 23.0 Å². The Balaban J connectivity index is 1.94. The Bertz CT molecular complexity index is 1130. The van der Waals surface area contributed by atoms with Crippen molar-refractivity contribution in [2.24, 2.45) is 11.8 Å². The molecule has 1 unspecified atom stereocenters. The molecule has 36 heavy (non-hydrogen) atoms. The van der Waals surface area contributed by atoms with Gasteiger partial charge >= 0.3 is 0 Å². The minimum absolute atomic E-state index is 0.327. The van der Waals surface area contributed by atoms with E-state index in [4.69, 9.17) is 18.9 Å². The van der Waals surface area contributed by atoms with E-state index in [2.05, 4.69) is 5.32 Å². The summed E-state index contributed by atoms with van der Waals surface area (Å²) in [5.41, 5.74) is 1.02. The van der Waals surface area contributed by atoms with Gasteiger partial charge in [0.1, 0.15) is 28.8 Å². The van der Waals surface area contributed by atoms with Gasteiger partial charge in [-0.3, -0.25) is 0 Å². The van der Waals surface area contributed by atoms with Gasteiger partial charge in [-0.2, -0.15) is 0 Å². The van der Waals surface area contributed by atoms with Crippen molar-refractivity contribution in [1.29, 1.82) is 0 Å². The molecule has 3 aromatic carbocycles. The molecular weight excluding hydrogens is 461 g/mol. The number of methoxy groups -OCH3 is 4. The number of halogens is 1. The highest BCUT2D eigenvalue weighted by molar-refractivity contribution is 5.47. The number of nitrogens with one attached hydrogen (secondary N) is 1. The number of ether oxygens (including phenoxy) is 4. The highest BCUT2D eigenvalue weighted by Gasteiger charge is 2.53. The van der Waals surface area contributed by atoms with Gasteiger partial charge < -0.3 is 29.4 Å². The van der Waals surface area contributed by atoms with Gasteiger partial charge in [0.05, 0.1) is 34.0 Å². The molecule has 0 spiro atoms. The van der Waals surface area contributed by atoms with Crippen molar-refractivity contribution in [1.82, 2.24) is 5.32 Å². The first kappa shape index (κ1) is 25.8. The van der Waals surface area contributed by atoms with E-state index >= 15 is 0 Å². The third-order valence-electron chi connectivity index (χ3n) is 7.60. The third-order valence-corrected chi connectivity index (χ3v) is 7.60. The number of benzene rings is 3. The molecule has 0 aliphatic carbocycles. The second kappa shape index (κ2) is 10.4. The number of piperidine rings is 1. The molecule has 0 bridgehead atoms. The van der Waals surface area contributed by atoms with E-state index in [1.165, 1.54) is 12.1 Å². The lowest BCUT2D eigenvalue weighted by molar-refractivity contribution is -0.118. The normalized spacial score (nSPS) is 25.8. The second-order valence-corrected chi connectivity index (χ2v) is 9.25. The predicted octanol–water partition coefficient (Wildman–Crippen LogP) is 5.41. The summed E-state index contributed by atoms with van der Waals surface area (Å²) >= 11 is 0. The van der Waals surface area contributed by atoms with Gasteiger partial charge in [-0.25, -0.2) is 4.39 Å². The van der Waals surface area contributed by atoms with Crippen molar-refractivity contribution < 1.29 is 28.4 Å². The molecule has 1 fully saturated rings. The summed E-state index contributed by atoms with van der Waals surface area (Å²) in [6.45, 7) is 3.99. The van der Waals surface area contributed by atoms with E-state index < -0.39 is 5.60 Å². The number of rotatable bonds is 7. The largest absolute Gasteiger partial charge is 0.497 e. The lowest BCUT2D eigenvalue weighted by atomic mass is 9.63. The molecule has 4 rings (SSSR count). The SMILES string of the molecule is COc1ccc(OC)c([C@H]2N[C@@H](c3cc(OC)ccc3OC)[C@H](C)C(O)(c3ccc(F)cc3)[C@@H]2C)c1. The molecule has 0 aromatic heterocycles. The Morgan fingerprint density at radius 2 is 1.14 bits per heavy atom. The highest BCUT2D eigenvalue weighted by atomic mass is 19.1. The zero-order chi connectivity index (χ0) is 26.0. The average molecular weight is 496 g/mol. The Morgan fingerprint density at radius 1 is 0.694 bits per heavy atom. The first-order valence-electron chi connectivity index (χ1n) is 12.0. The van der Waals surface area contributed by atoms with Gasteiger partial charge in [-0.1, -0.05) is 26.0 Å². The standard InChI is InChI=1S/C29H34FNO5/c1-17-27(23-15-21(33-3)11-13-25(23)35-5)31-28(24-16-22(34-4)12-14-26(24)36-6)18(2)29(17,32)19-7-9-20(30)10-8-19/h7-18,27-28,31-32H,1-6H3/t17-,18+,27+,28-,29?. The molecule has 0 amide bonds. The predicted molar refractivity (Wildman–Crippen MR) is 136 cm³/mol. The van der Waals surface area contributed by atoms with Crippen LogP contribution in [0.4, 0.5) is 4.39 Å². The first-order chi connectivity index (χ1) is 17.3. The summed E-state index contributed by atoms with van der Waals surface area (Å²) in [5, 5.41) is 16.3. The van der Waals surface area contributed by atoms with Crippen molar-refractivity contribution >= 4 is 0 Å². The summed E-state index contributed by atoms with van der Waals surface area (Å²) in [5.74, 6) is 1.70. The smallest absolute Gasteiger partial charge is 0.123 e. The van der Waals surface area contributed by atoms with Crippen LogP contribution < -0.4 is 24.3 Å². The molecule has 3 aromatic rings. The lowest BCUT2D eigenvalue weighted by Gasteiger charge is -2.52. The Morgan fingerprint density at radius 3 is 1.53 bits per heavy atom. The van der Waals surface area contributed by atoms with E-state index in [9.17, 15) is 9.50 Å². The quantitative estimate of drug-likeness (QED) is 0.457. The fourth-order valence-electron chi connectivity index (χ4n) is 5.53. The molecule has 0 saturated carbocycles. The van der Waals surface area contributed by atoms with Gasteiger partial charge in [0.2, 0.25) is 0 Å². The molecule has 1 heterocycles. The fourth-order valence-corrected chi connectivity index (χ4v) is 5.53. The van der Waals surface area contributed by atoms with Crippen LogP contribution in [0, 0.1) is 17.7 Å². The van der Waals surface area contributed by atoms with Crippen LogP contribution in [0.5, 0.6) is 23.0 Å². The Hall–Kier alpha value is -3.29. The number of aliphatic hydroxyl groups is 1. The van der Waals surface area contributed by atoms with Crippen LogP contribution in [0.3, 0.4) is 0 Å². The highest BCUT2D eigenvalue weighted by Crippen LogP contribution is 2.54. The van der Waals surface area contributed by atoms with Crippen LogP contribution in [0.2, 0.25) is 0 Å². The zero-order valence-corrected chi connectivity index (χ0v) is 21.5. The Kier molecular flexibility index (Phi) is 7.43. The molecular formula is C29H34FNO5. The molecule has 0 radical (unpaired) electrons. The second-order valence-electron chi connectivity index (χ2n) is 9.25. The maximum Gasteiger partial charge on any atom is 0.123 e. The molecule has 7 heteroatoms. The van der Waals surface area contributed by atoms with Gasteiger partial charge in [0.15, 0.2) is 0 Å². The molecule has 192 valence electrons. The van der Waals surface area contributed by atoms with Gasteiger partial charge in [0.25, 0.3) is 0 Å². The number of hydrogen-bond acceptors (Lipinski definition) is 6. The van der Waals surface area contributed by atoms with E-state index in [1.54, 1.807) is 40.6 Å². The molecule has 1 aliphatic rings. The van der Waals surface area contributed by atoms with E-state index in [1.807, 2.05) is 50.2 Å². The molecule has 6 nitrogen and oxygen atoms in total. The van der Waals surface area contributed by atoms with Crippen LogP contribution >= 0.6 is 0 Å². The summed E-state index contributed by atoms with van der Waals surface area (Å²) in [4.78, 5) is 0. The first-order valence-corrected chi connectivity index (χ1v) is 12.0. The van der Waals surface area contributed by atoms with Crippen LogP contribution in [0.25, 0.3) is 0 Å². The topological polar surface area (TPSA) is 69.2 Å². The van der Waals surface area contributed by atoms with Crippen LogP contribution in [-0.4, -0.2) is 33.5 Å². The fraction of sp³-hybridized carbons (Fsp3) is 0.379. The van der Waals surface area contributed by atoms with Crippen molar-refractivity contribution in [2.75, 3.05) is 28.4 Å². The summed E-state index contributed by atoms with van der Waals surface area (Å²) in [6, 6.07) is 16.7. The molecule has 2 N–H and O–H groups in total. The summed E-state index contributed by atoms with van der Waals surface area (Å²) in [7, 11) is 6.47. The van der Waals surface area contributed by atoms with Crippen LogP contribution in [0.1, 0.15) is 42.6 Å². The van der Waals surface area contributed by atoms with Gasteiger partial charge in [-0.15, -0.1) is 0 Å². The summed E-state index contributed by atoms with van der Waals surface area (Å²) in [6.07, 6.45) is 0. The average Bonchev–Trinajstić information content (AvgIpc) is 2.91. The van der Waals surface area contributed by atoms with Crippen molar-refractivity contribution in [2.45, 2.75) is 31.5 Å². The maximum absolute atomic E-state index is 13.9. The zero-order valence-electron chi connectivity index (χ0n) is 21.5. The van der Waals surface area contributed by atoms with E-state index in [0.717, 1.165) is 11.1 Å². The molecule has 5 atom stereocenters. The minimum atomic E-state index is -1.32. The minimum Gasteiger partial charge on any atom is -0.497 e.